The van der Waals surface area contributed by atoms with Crippen molar-refractivity contribution in [3.63, 3.8) is 0 Å². The number of hydrogen-bond acceptors (Lipinski definition) is 3. The predicted molar refractivity (Wildman–Crippen MR) is 101 cm³/mol. The monoisotopic (exact) mass is 351 g/mol. The maximum Gasteiger partial charge on any atom is 0.127 e. The summed E-state index contributed by atoms with van der Waals surface area (Å²) >= 11 is 0. The van der Waals surface area contributed by atoms with Crippen LogP contribution in [0.4, 0.5) is 4.39 Å². The molecule has 26 heavy (non-hydrogen) atoms. The van der Waals surface area contributed by atoms with Crippen LogP contribution in [0.25, 0.3) is 0 Å². The van der Waals surface area contributed by atoms with Gasteiger partial charge in [-0.25, -0.2) is 4.39 Å². The van der Waals surface area contributed by atoms with E-state index in [2.05, 4.69) is 5.32 Å². The van der Waals surface area contributed by atoms with Crippen LogP contribution in [-0.2, 0) is 12.1 Å². The van der Waals surface area contributed by atoms with Crippen molar-refractivity contribution < 1.29 is 14.2 Å². The first-order valence-corrected chi connectivity index (χ1v) is 8.49. The number of aliphatic hydroxyl groups is 1. The lowest BCUT2D eigenvalue weighted by Crippen LogP contribution is -2.39. The molecule has 0 aliphatic heterocycles. The summed E-state index contributed by atoms with van der Waals surface area (Å²) in [6.45, 7) is 0.868. The lowest BCUT2D eigenvalue weighted by Gasteiger charge is -2.30. The molecule has 4 heteroatoms. The van der Waals surface area contributed by atoms with Gasteiger partial charge in [-0.2, -0.15) is 0 Å². The summed E-state index contributed by atoms with van der Waals surface area (Å²) in [6.07, 6.45) is 0. The summed E-state index contributed by atoms with van der Waals surface area (Å²) in [6, 6.07) is 23.1. The molecule has 0 aliphatic rings. The predicted octanol–water partition coefficient (Wildman–Crippen LogP) is 3.86. The zero-order valence-electron chi connectivity index (χ0n) is 14.7. The highest BCUT2D eigenvalue weighted by molar-refractivity contribution is 5.37. The van der Waals surface area contributed by atoms with Crippen LogP contribution in [0.1, 0.15) is 16.7 Å². The summed E-state index contributed by atoms with van der Waals surface area (Å²) < 4.78 is 18.6. The molecule has 0 unspecified atom stereocenters. The molecule has 0 bridgehead atoms. The van der Waals surface area contributed by atoms with E-state index in [0.717, 1.165) is 16.9 Å². The van der Waals surface area contributed by atoms with Crippen molar-refractivity contribution in [2.24, 2.45) is 0 Å². The Kier molecular flexibility index (Phi) is 5.66. The second-order valence-corrected chi connectivity index (χ2v) is 6.19. The molecule has 0 aliphatic carbocycles. The molecule has 3 rings (SSSR count). The molecule has 0 radical (unpaired) electrons. The molecule has 2 N–H and O–H groups in total. The third-order valence-electron chi connectivity index (χ3n) is 4.42. The van der Waals surface area contributed by atoms with Crippen molar-refractivity contribution in [2.45, 2.75) is 12.1 Å². The molecule has 1 atom stereocenters. The molecular formula is C22H22FNO2. The van der Waals surface area contributed by atoms with Gasteiger partial charge >= 0.3 is 0 Å². The second kappa shape index (κ2) is 8.13. The molecule has 0 saturated heterocycles. The number of nitrogens with one attached hydrogen (secondary N) is 1. The van der Waals surface area contributed by atoms with Crippen molar-refractivity contribution in [3.8, 4) is 5.75 Å². The van der Waals surface area contributed by atoms with E-state index in [1.807, 2.05) is 54.6 Å². The number of rotatable bonds is 7. The van der Waals surface area contributed by atoms with E-state index in [-0.39, 0.29) is 5.82 Å². The summed E-state index contributed by atoms with van der Waals surface area (Å²) in [5, 5.41) is 14.7. The van der Waals surface area contributed by atoms with Crippen LogP contribution >= 0.6 is 0 Å². The van der Waals surface area contributed by atoms with Gasteiger partial charge in [0.05, 0.1) is 7.11 Å². The van der Waals surface area contributed by atoms with Crippen molar-refractivity contribution in [3.05, 3.63) is 101 Å². The van der Waals surface area contributed by atoms with Crippen molar-refractivity contribution in [2.75, 3.05) is 13.7 Å². The number of benzene rings is 3. The van der Waals surface area contributed by atoms with Crippen molar-refractivity contribution >= 4 is 0 Å². The number of methoxy groups -OCH3 is 1. The Bertz CT molecular complexity index is 836. The largest absolute Gasteiger partial charge is 0.497 e. The highest BCUT2D eigenvalue weighted by Crippen LogP contribution is 2.29. The maximum absolute atomic E-state index is 13.3. The third kappa shape index (κ3) is 4.10. The molecule has 0 spiro atoms. The zero-order valence-corrected chi connectivity index (χ0v) is 14.7. The summed E-state index contributed by atoms with van der Waals surface area (Å²) in [5.74, 6) is 0.467. The molecular weight excluding hydrogens is 329 g/mol. The van der Waals surface area contributed by atoms with Crippen LogP contribution in [0.15, 0.2) is 78.9 Å². The Morgan fingerprint density at radius 1 is 0.923 bits per heavy atom. The smallest absolute Gasteiger partial charge is 0.127 e. The minimum Gasteiger partial charge on any atom is -0.497 e. The molecule has 0 heterocycles. The van der Waals surface area contributed by atoms with E-state index < -0.39 is 5.60 Å². The normalized spacial score (nSPS) is 13.2. The van der Waals surface area contributed by atoms with Gasteiger partial charge in [-0.15, -0.1) is 0 Å². The minimum absolute atomic E-state index is 0.292. The van der Waals surface area contributed by atoms with E-state index in [0.29, 0.717) is 18.7 Å². The summed E-state index contributed by atoms with van der Waals surface area (Å²) in [4.78, 5) is 0. The van der Waals surface area contributed by atoms with Gasteiger partial charge in [0, 0.05) is 13.1 Å². The number of halogens is 1. The average Bonchev–Trinajstić information content (AvgIpc) is 2.69. The van der Waals surface area contributed by atoms with Crippen molar-refractivity contribution in [1.82, 2.24) is 5.32 Å². The quantitative estimate of drug-likeness (QED) is 0.679. The van der Waals surface area contributed by atoms with Crippen molar-refractivity contribution in [1.29, 1.82) is 0 Å². The molecule has 3 aromatic rings. The van der Waals surface area contributed by atoms with E-state index in [4.69, 9.17) is 4.74 Å². The Morgan fingerprint density at radius 2 is 1.62 bits per heavy atom. The first-order valence-electron chi connectivity index (χ1n) is 8.49. The average molecular weight is 351 g/mol. The fourth-order valence-corrected chi connectivity index (χ4v) is 2.98. The fraction of sp³-hybridized carbons (Fsp3) is 0.182. The van der Waals surface area contributed by atoms with E-state index in [9.17, 15) is 9.50 Å². The van der Waals surface area contributed by atoms with Crippen LogP contribution in [0, 0.1) is 5.82 Å². The van der Waals surface area contributed by atoms with Gasteiger partial charge < -0.3 is 15.2 Å². The van der Waals surface area contributed by atoms with Crippen LogP contribution in [-0.4, -0.2) is 18.8 Å². The lowest BCUT2D eigenvalue weighted by molar-refractivity contribution is 0.0795. The maximum atomic E-state index is 13.3. The van der Waals surface area contributed by atoms with Crippen LogP contribution in [0.2, 0.25) is 0 Å². The highest BCUT2D eigenvalue weighted by Gasteiger charge is 2.31. The number of hydrogen-bond donors (Lipinski definition) is 2. The fourth-order valence-electron chi connectivity index (χ4n) is 2.98. The summed E-state index contributed by atoms with van der Waals surface area (Å²) in [5.41, 5.74) is 1.19. The topological polar surface area (TPSA) is 41.5 Å². The van der Waals surface area contributed by atoms with E-state index in [1.54, 1.807) is 19.2 Å². The standard InChI is InChI=1S/C22H22FNO2/c1-26-21-9-5-6-17(14-21)15-24-16-22(25,18-7-3-2-4-8-18)19-10-12-20(23)13-11-19/h2-14,24-25H,15-16H2,1H3/t22-/m0/s1. The lowest BCUT2D eigenvalue weighted by atomic mass is 9.86. The van der Waals surface area contributed by atoms with Gasteiger partial charge in [0.25, 0.3) is 0 Å². The van der Waals surface area contributed by atoms with Crippen LogP contribution in [0.5, 0.6) is 5.75 Å². The Morgan fingerprint density at radius 3 is 2.31 bits per heavy atom. The first kappa shape index (κ1) is 18.1. The second-order valence-electron chi connectivity index (χ2n) is 6.19. The van der Waals surface area contributed by atoms with Gasteiger partial charge in [-0.3, -0.25) is 0 Å². The zero-order chi connectivity index (χ0) is 18.4. The molecule has 3 aromatic carbocycles. The van der Waals surface area contributed by atoms with Gasteiger partial charge in [-0.1, -0.05) is 54.6 Å². The van der Waals surface area contributed by atoms with Gasteiger partial charge in [0.1, 0.15) is 17.2 Å². The van der Waals surface area contributed by atoms with E-state index in [1.165, 1.54) is 12.1 Å². The minimum atomic E-state index is -1.26. The van der Waals surface area contributed by atoms with Crippen LogP contribution < -0.4 is 10.1 Å². The third-order valence-corrected chi connectivity index (χ3v) is 4.42. The highest BCUT2D eigenvalue weighted by atomic mass is 19.1. The SMILES string of the molecule is COc1cccc(CNC[C@](O)(c2ccccc2)c2ccc(F)cc2)c1. The summed E-state index contributed by atoms with van der Waals surface area (Å²) in [7, 11) is 1.63. The van der Waals surface area contributed by atoms with Gasteiger partial charge in [-0.05, 0) is 41.0 Å². The molecule has 0 saturated carbocycles. The molecule has 0 aromatic heterocycles. The first-order chi connectivity index (χ1) is 12.6. The van der Waals surface area contributed by atoms with Gasteiger partial charge in [0.2, 0.25) is 0 Å². The van der Waals surface area contributed by atoms with Gasteiger partial charge in [0.15, 0.2) is 0 Å². The molecule has 0 amide bonds. The van der Waals surface area contributed by atoms with Crippen LogP contribution in [0.3, 0.4) is 0 Å². The molecule has 3 nitrogen and oxygen atoms in total. The van der Waals surface area contributed by atoms with E-state index >= 15 is 0 Å². The number of ether oxygens (including phenoxy) is 1. The Labute approximate surface area is 153 Å². The Balaban J connectivity index is 1.81. The molecule has 134 valence electrons. The molecule has 0 fully saturated rings. The Hall–Kier alpha value is -2.69.